The summed E-state index contributed by atoms with van der Waals surface area (Å²) in [6.07, 6.45) is -2.54. The van der Waals surface area contributed by atoms with Gasteiger partial charge in [0, 0.05) is 25.1 Å². The Hall–Kier alpha value is -3.57. The summed E-state index contributed by atoms with van der Waals surface area (Å²) in [7, 11) is -4.49. The van der Waals surface area contributed by atoms with Crippen LogP contribution in [0.25, 0.3) is 11.6 Å². The molecule has 3 aromatic rings. The van der Waals surface area contributed by atoms with Crippen LogP contribution in [0.4, 0.5) is 23.2 Å². The van der Waals surface area contributed by atoms with E-state index in [9.17, 15) is 30.8 Å². The number of benzene rings is 3. The minimum absolute atomic E-state index is 0.0642. The van der Waals surface area contributed by atoms with Crippen molar-refractivity contribution in [1.29, 1.82) is 0 Å². The molecule has 0 N–H and O–H groups in total. The summed E-state index contributed by atoms with van der Waals surface area (Å²) in [6.45, 7) is 2.79. The number of fused-ring (bicyclic) bond motifs is 1. The molecule has 2 aliphatic rings. The van der Waals surface area contributed by atoms with Crippen molar-refractivity contribution in [3.05, 3.63) is 88.2 Å². The standard InChI is InChI=1S/C30H27ClF4N2O4S/c1-19(29-24(31)7-3-8-25(29)32)15-20-9-11-27-26(16-20)37(18-22(41-27)10-12-28(38)36-13-4-14-36)42(39,40)23-6-2-5-21(17-23)30(33,34)35/h2-3,5-9,11,15-17,22H,4,10,12-14,18H2,1H3. The van der Waals surface area contributed by atoms with Crippen molar-refractivity contribution in [3.63, 3.8) is 0 Å². The van der Waals surface area contributed by atoms with E-state index in [1.165, 1.54) is 18.2 Å². The number of hydrogen-bond donors (Lipinski definition) is 0. The van der Waals surface area contributed by atoms with Crippen molar-refractivity contribution >= 4 is 44.9 Å². The van der Waals surface area contributed by atoms with Crippen LogP contribution >= 0.6 is 11.6 Å². The normalized spacial score (nSPS) is 17.4. The average molecular weight is 623 g/mol. The number of halogens is 5. The second kappa shape index (κ2) is 11.6. The highest BCUT2D eigenvalue weighted by molar-refractivity contribution is 7.92. The third-order valence-corrected chi connectivity index (χ3v) is 9.38. The van der Waals surface area contributed by atoms with Crippen LogP contribution in [-0.2, 0) is 21.0 Å². The largest absolute Gasteiger partial charge is 0.486 e. The zero-order chi connectivity index (χ0) is 30.2. The number of sulfonamides is 1. The number of carbonyl (C=O) groups excluding carboxylic acids is 1. The zero-order valence-electron chi connectivity index (χ0n) is 22.5. The fraction of sp³-hybridized carbons (Fsp3) is 0.300. The smallest absolute Gasteiger partial charge is 0.416 e. The summed E-state index contributed by atoms with van der Waals surface area (Å²) in [6, 6.07) is 12.6. The van der Waals surface area contributed by atoms with Crippen LogP contribution in [0.3, 0.4) is 0 Å². The number of alkyl halides is 3. The maximum atomic E-state index is 14.5. The van der Waals surface area contributed by atoms with E-state index in [1.807, 2.05) is 0 Å². The van der Waals surface area contributed by atoms with Crippen LogP contribution in [0.5, 0.6) is 5.75 Å². The molecule has 3 aromatic carbocycles. The second-order valence-corrected chi connectivity index (χ2v) is 12.5. The van der Waals surface area contributed by atoms with Gasteiger partial charge in [0.1, 0.15) is 17.7 Å². The maximum absolute atomic E-state index is 14.5. The fourth-order valence-electron chi connectivity index (χ4n) is 4.96. The van der Waals surface area contributed by atoms with Gasteiger partial charge in [0.05, 0.1) is 27.7 Å². The summed E-state index contributed by atoms with van der Waals surface area (Å²) >= 11 is 6.21. The van der Waals surface area contributed by atoms with E-state index in [0.717, 1.165) is 28.9 Å². The number of hydrogen-bond acceptors (Lipinski definition) is 4. The Kier molecular flexibility index (Phi) is 8.26. The molecule has 2 aliphatic heterocycles. The molecule has 0 spiro atoms. The van der Waals surface area contributed by atoms with Gasteiger partial charge < -0.3 is 9.64 Å². The summed E-state index contributed by atoms with van der Waals surface area (Å²) < 4.78 is 89.7. The monoisotopic (exact) mass is 622 g/mol. The van der Waals surface area contributed by atoms with E-state index in [0.29, 0.717) is 30.3 Å². The van der Waals surface area contributed by atoms with Gasteiger partial charge in [0.2, 0.25) is 5.91 Å². The number of amides is 1. The molecule has 0 radical (unpaired) electrons. The lowest BCUT2D eigenvalue weighted by molar-refractivity contribution is -0.138. The van der Waals surface area contributed by atoms with Crippen molar-refractivity contribution in [1.82, 2.24) is 4.90 Å². The van der Waals surface area contributed by atoms with E-state index in [-0.39, 0.29) is 47.3 Å². The molecule has 222 valence electrons. The number of likely N-dealkylation sites (tertiary alicyclic amines) is 1. The number of allylic oxidation sites excluding steroid dienone is 1. The van der Waals surface area contributed by atoms with Gasteiger partial charge >= 0.3 is 6.18 Å². The SMILES string of the molecule is CC(=Cc1ccc2c(c1)N(S(=O)(=O)c1cccc(C(F)(F)F)c1)CC(CCC(=O)N1CCC1)O2)c1c(F)cccc1Cl. The Morgan fingerprint density at radius 1 is 1.10 bits per heavy atom. The number of rotatable bonds is 7. The van der Waals surface area contributed by atoms with Crippen molar-refractivity contribution < 1.29 is 35.5 Å². The first kappa shape index (κ1) is 29.9. The van der Waals surface area contributed by atoms with Crippen LogP contribution in [-0.4, -0.2) is 45.0 Å². The number of anilines is 1. The molecule has 42 heavy (non-hydrogen) atoms. The van der Waals surface area contributed by atoms with Gasteiger partial charge in [-0.3, -0.25) is 9.10 Å². The van der Waals surface area contributed by atoms with E-state index in [2.05, 4.69) is 0 Å². The summed E-state index contributed by atoms with van der Waals surface area (Å²) in [5.41, 5.74) is 0.171. The highest BCUT2D eigenvalue weighted by Crippen LogP contribution is 2.40. The molecule has 2 heterocycles. The highest BCUT2D eigenvalue weighted by Gasteiger charge is 2.37. The average Bonchev–Trinajstić information content (AvgIpc) is 2.90. The van der Waals surface area contributed by atoms with Crippen LogP contribution in [0.15, 0.2) is 65.6 Å². The third kappa shape index (κ3) is 6.12. The maximum Gasteiger partial charge on any atom is 0.416 e. The lowest BCUT2D eigenvalue weighted by atomic mass is 10.0. The minimum Gasteiger partial charge on any atom is -0.486 e. The predicted octanol–water partition coefficient (Wildman–Crippen LogP) is 7.03. The molecule has 1 fully saturated rings. The fourth-order valence-corrected chi connectivity index (χ4v) is 6.82. The number of carbonyl (C=O) groups is 1. The second-order valence-electron chi connectivity index (χ2n) is 10.2. The Morgan fingerprint density at radius 3 is 2.50 bits per heavy atom. The predicted molar refractivity (Wildman–Crippen MR) is 152 cm³/mol. The van der Waals surface area contributed by atoms with Crippen molar-refractivity contribution in [2.75, 3.05) is 23.9 Å². The first-order valence-corrected chi connectivity index (χ1v) is 15.1. The summed E-state index contributed by atoms with van der Waals surface area (Å²) in [5.74, 6) is -0.399. The molecule has 0 bridgehead atoms. The Morgan fingerprint density at radius 2 is 1.83 bits per heavy atom. The first-order valence-electron chi connectivity index (χ1n) is 13.3. The lowest BCUT2D eigenvalue weighted by Gasteiger charge is -2.36. The van der Waals surface area contributed by atoms with Gasteiger partial charge in [-0.15, -0.1) is 0 Å². The van der Waals surface area contributed by atoms with Gasteiger partial charge in [-0.05, 0) is 73.4 Å². The van der Waals surface area contributed by atoms with Crippen LogP contribution in [0.1, 0.15) is 42.9 Å². The molecule has 0 aromatic heterocycles. The Labute approximate surface area is 246 Å². The van der Waals surface area contributed by atoms with Crippen molar-refractivity contribution in [3.8, 4) is 5.75 Å². The molecule has 1 unspecified atom stereocenters. The minimum atomic E-state index is -4.74. The molecule has 0 aliphatic carbocycles. The van der Waals surface area contributed by atoms with Crippen LogP contribution in [0.2, 0.25) is 5.02 Å². The Balaban J connectivity index is 1.53. The number of ether oxygens (including phenoxy) is 1. The molecule has 1 amide bonds. The van der Waals surface area contributed by atoms with E-state index >= 15 is 0 Å². The molecule has 6 nitrogen and oxygen atoms in total. The lowest BCUT2D eigenvalue weighted by Crippen LogP contribution is -2.45. The van der Waals surface area contributed by atoms with Crippen molar-refractivity contribution in [2.45, 2.75) is 43.4 Å². The molecule has 1 saturated heterocycles. The molecule has 5 rings (SSSR count). The zero-order valence-corrected chi connectivity index (χ0v) is 24.1. The first-order chi connectivity index (χ1) is 19.8. The summed E-state index contributed by atoms with van der Waals surface area (Å²) in [4.78, 5) is 13.6. The third-order valence-electron chi connectivity index (χ3n) is 7.29. The molecule has 12 heteroatoms. The van der Waals surface area contributed by atoms with Gasteiger partial charge in [-0.2, -0.15) is 13.2 Å². The molecular weight excluding hydrogens is 596 g/mol. The van der Waals surface area contributed by atoms with E-state index in [4.69, 9.17) is 16.3 Å². The van der Waals surface area contributed by atoms with Gasteiger partial charge in [0.15, 0.2) is 0 Å². The highest BCUT2D eigenvalue weighted by atomic mass is 35.5. The van der Waals surface area contributed by atoms with Gasteiger partial charge in [0.25, 0.3) is 10.0 Å². The van der Waals surface area contributed by atoms with Crippen molar-refractivity contribution in [2.24, 2.45) is 0 Å². The topological polar surface area (TPSA) is 66.9 Å². The molecule has 1 atom stereocenters. The number of nitrogens with zero attached hydrogens (tertiary/aromatic N) is 2. The summed E-state index contributed by atoms with van der Waals surface area (Å²) in [5, 5.41) is 0.203. The van der Waals surface area contributed by atoms with Gasteiger partial charge in [-0.25, -0.2) is 12.8 Å². The van der Waals surface area contributed by atoms with E-state index < -0.39 is 38.6 Å². The van der Waals surface area contributed by atoms with Crippen LogP contribution < -0.4 is 9.04 Å². The molecule has 0 saturated carbocycles. The van der Waals surface area contributed by atoms with Gasteiger partial charge in [-0.1, -0.05) is 35.9 Å². The van der Waals surface area contributed by atoms with Crippen LogP contribution in [0, 0.1) is 5.82 Å². The Bertz CT molecular complexity index is 1630. The van der Waals surface area contributed by atoms with E-state index in [1.54, 1.807) is 36.1 Å². The quantitative estimate of drug-likeness (QED) is 0.210. The molecular formula is C30H27ClF4N2O4S.